The van der Waals surface area contributed by atoms with Gasteiger partial charge in [-0.05, 0) is 42.8 Å². The van der Waals surface area contributed by atoms with E-state index in [9.17, 15) is 18.0 Å². The van der Waals surface area contributed by atoms with Gasteiger partial charge in [-0.2, -0.15) is 13.2 Å². The van der Waals surface area contributed by atoms with Gasteiger partial charge in [0.2, 0.25) is 0 Å². The number of nitrogens with one attached hydrogen (secondary N) is 1. The molecule has 0 bridgehead atoms. The largest absolute Gasteiger partial charge is 0.416 e. The third-order valence-electron chi connectivity index (χ3n) is 3.91. The van der Waals surface area contributed by atoms with Crippen LogP contribution in [0.5, 0.6) is 0 Å². The molecule has 1 amide bonds. The number of aromatic nitrogens is 2. The zero-order valence-electron chi connectivity index (χ0n) is 14.1. The van der Waals surface area contributed by atoms with Crippen LogP contribution in [0.4, 0.5) is 24.5 Å². The van der Waals surface area contributed by atoms with Gasteiger partial charge >= 0.3 is 6.18 Å². The number of amides is 1. The van der Waals surface area contributed by atoms with E-state index < -0.39 is 17.6 Å². The standard InChI is InChI=1S/C18H15F3N4OS/c1-10-2-3-11(4-15(10)22)17(26)24-13-5-12(18(19,20)21)6-14(7-13)25-8-16(27)23-9-25/h2-9,27H,22H2,1H3,(H,24,26). The number of carbonyl (C=O) groups is 1. The summed E-state index contributed by atoms with van der Waals surface area (Å²) in [6, 6.07) is 7.95. The second-order valence-electron chi connectivity index (χ2n) is 5.93. The lowest BCUT2D eigenvalue weighted by Crippen LogP contribution is -2.14. The lowest BCUT2D eigenvalue weighted by molar-refractivity contribution is -0.137. The van der Waals surface area contributed by atoms with E-state index in [0.717, 1.165) is 17.7 Å². The van der Waals surface area contributed by atoms with Crippen LogP contribution in [0.25, 0.3) is 5.69 Å². The molecule has 0 saturated heterocycles. The molecule has 27 heavy (non-hydrogen) atoms. The Labute approximate surface area is 158 Å². The van der Waals surface area contributed by atoms with E-state index in [1.54, 1.807) is 19.1 Å². The van der Waals surface area contributed by atoms with Crippen molar-refractivity contribution >= 4 is 29.9 Å². The Kier molecular flexibility index (Phi) is 4.88. The molecule has 3 aromatic rings. The van der Waals surface area contributed by atoms with Crippen LogP contribution in [0.3, 0.4) is 0 Å². The van der Waals surface area contributed by atoms with Crippen LogP contribution in [0.1, 0.15) is 21.5 Å². The molecule has 3 N–H and O–H groups in total. The zero-order chi connectivity index (χ0) is 19.8. The predicted octanol–water partition coefficient (Wildman–Crippen LogP) is 4.32. The number of alkyl halides is 3. The Morgan fingerprint density at radius 3 is 2.56 bits per heavy atom. The van der Waals surface area contributed by atoms with Crippen LogP contribution >= 0.6 is 12.6 Å². The summed E-state index contributed by atoms with van der Waals surface area (Å²) in [5.41, 5.74) is 6.56. The second-order valence-corrected chi connectivity index (χ2v) is 6.39. The number of rotatable bonds is 3. The van der Waals surface area contributed by atoms with Gasteiger partial charge in [-0.15, -0.1) is 12.6 Å². The van der Waals surface area contributed by atoms with Crippen molar-refractivity contribution in [1.82, 2.24) is 9.55 Å². The Hall–Kier alpha value is -2.94. The minimum Gasteiger partial charge on any atom is -0.398 e. The summed E-state index contributed by atoms with van der Waals surface area (Å²) in [5, 5.41) is 2.84. The van der Waals surface area contributed by atoms with Crippen LogP contribution in [0.2, 0.25) is 0 Å². The summed E-state index contributed by atoms with van der Waals surface area (Å²) in [4.78, 5) is 16.3. The van der Waals surface area contributed by atoms with Crippen molar-refractivity contribution in [2.45, 2.75) is 18.1 Å². The maximum Gasteiger partial charge on any atom is 0.416 e. The first-order valence-corrected chi connectivity index (χ1v) is 8.21. The molecule has 9 heteroatoms. The number of benzene rings is 2. The SMILES string of the molecule is Cc1ccc(C(=O)Nc2cc(-n3cnc(S)c3)cc(C(F)(F)F)c2)cc1N. The van der Waals surface area contributed by atoms with Crippen molar-refractivity contribution in [3.05, 3.63) is 65.6 Å². The van der Waals surface area contributed by atoms with Crippen molar-refractivity contribution < 1.29 is 18.0 Å². The summed E-state index contributed by atoms with van der Waals surface area (Å²) in [6.45, 7) is 1.79. The van der Waals surface area contributed by atoms with Gasteiger partial charge in [0.1, 0.15) is 11.4 Å². The fourth-order valence-corrected chi connectivity index (χ4v) is 2.61. The van der Waals surface area contributed by atoms with Crippen LogP contribution in [0, 0.1) is 6.92 Å². The first-order valence-electron chi connectivity index (χ1n) is 7.76. The predicted molar refractivity (Wildman–Crippen MR) is 99.4 cm³/mol. The molecule has 0 aliphatic carbocycles. The molecule has 5 nitrogen and oxygen atoms in total. The number of aryl methyl sites for hydroxylation is 1. The number of nitrogens with two attached hydrogens (primary N) is 1. The highest BCUT2D eigenvalue weighted by molar-refractivity contribution is 7.80. The third-order valence-corrected chi connectivity index (χ3v) is 4.14. The van der Waals surface area contributed by atoms with Crippen molar-refractivity contribution in [2.24, 2.45) is 0 Å². The zero-order valence-corrected chi connectivity index (χ0v) is 15.0. The molecule has 2 aromatic carbocycles. The molecule has 1 aromatic heterocycles. The molecular weight excluding hydrogens is 377 g/mol. The molecule has 140 valence electrons. The maximum atomic E-state index is 13.3. The number of halogens is 3. The van der Waals surface area contributed by atoms with Crippen molar-refractivity contribution in [3.63, 3.8) is 0 Å². The van der Waals surface area contributed by atoms with Gasteiger partial charge in [-0.1, -0.05) is 6.07 Å². The Bertz CT molecular complexity index is 1010. The topological polar surface area (TPSA) is 72.9 Å². The molecule has 0 fully saturated rings. The van der Waals surface area contributed by atoms with Gasteiger partial charge in [0.05, 0.1) is 5.56 Å². The molecule has 0 spiro atoms. The van der Waals surface area contributed by atoms with Crippen molar-refractivity contribution in [1.29, 1.82) is 0 Å². The van der Waals surface area contributed by atoms with E-state index in [2.05, 4.69) is 22.9 Å². The normalized spacial score (nSPS) is 11.4. The second kappa shape index (κ2) is 6.99. The first kappa shape index (κ1) is 18.8. The van der Waals surface area contributed by atoms with Crippen molar-refractivity contribution in [2.75, 3.05) is 11.1 Å². The van der Waals surface area contributed by atoms with E-state index in [-0.39, 0.29) is 16.9 Å². The van der Waals surface area contributed by atoms with Crippen LogP contribution < -0.4 is 11.1 Å². The van der Waals surface area contributed by atoms with E-state index in [1.165, 1.54) is 29.2 Å². The quantitative estimate of drug-likeness (QED) is 0.459. The Morgan fingerprint density at radius 2 is 1.96 bits per heavy atom. The van der Waals surface area contributed by atoms with Gasteiger partial charge < -0.3 is 15.6 Å². The highest BCUT2D eigenvalue weighted by Gasteiger charge is 2.31. The minimum atomic E-state index is -4.58. The van der Waals surface area contributed by atoms with E-state index in [1.807, 2.05) is 0 Å². The average molecular weight is 392 g/mol. The van der Waals surface area contributed by atoms with E-state index in [0.29, 0.717) is 10.7 Å². The van der Waals surface area contributed by atoms with Crippen LogP contribution in [-0.4, -0.2) is 15.5 Å². The summed E-state index contributed by atoms with van der Waals surface area (Å²) in [6.07, 6.45) is -1.77. The van der Waals surface area contributed by atoms with E-state index >= 15 is 0 Å². The molecule has 0 atom stereocenters. The third kappa shape index (κ3) is 4.25. The summed E-state index contributed by atoms with van der Waals surface area (Å²) < 4.78 is 41.2. The molecule has 0 saturated carbocycles. The number of carbonyl (C=O) groups excluding carboxylic acids is 1. The van der Waals surface area contributed by atoms with Gasteiger partial charge in [0.15, 0.2) is 0 Å². The Balaban J connectivity index is 1.98. The summed E-state index contributed by atoms with van der Waals surface area (Å²) in [7, 11) is 0. The highest BCUT2D eigenvalue weighted by Crippen LogP contribution is 2.33. The maximum absolute atomic E-state index is 13.3. The Morgan fingerprint density at radius 1 is 1.22 bits per heavy atom. The number of nitrogen functional groups attached to an aromatic ring is 1. The number of anilines is 2. The molecule has 0 unspecified atom stereocenters. The minimum absolute atomic E-state index is 0.00149. The fraction of sp³-hybridized carbons (Fsp3) is 0.111. The summed E-state index contributed by atoms with van der Waals surface area (Å²) in [5.74, 6) is -0.563. The number of thiol groups is 1. The monoisotopic (exact) mass is 392 g/mol. The summed E-state index contributed by atoms with van der Waals surface area (Å²) >= 11 is 4.05. The van der Waals surface area contributed by atoms with Crippen molar-refractivity contribution in [3.8, 4) is 5.69 Å². The fourth-order valence-electron chi connectivity index (χ4n) is 2.43. The van der Waals surface area contributed by atoms with Gasteiger partial charge in [0, 0.05) is 28.8 Å². The van der Waals surface area contributed by atoms with Gasteiger partial charge in [-0.3, -0.25) is 4.79 Å². The highest BCUT2D eigenvalue weighted by atomic mass is 32.1. The van der Waals surface area contributed by atoms with E-state index in [4.69, 9.17) is 5.73 Å². The average Bonchev–Trinajstić information content (AvgIpc) is 3.02. The lowest BCUT2D eigenvalue weighted by Gasteiger charge is -2.14. The first-order chi connectivity index (χ1) is 12.6. The number of hydrogen-bond acceptors (Lipinski definition) is 4. The molecule has 0 aliphatic rings. The molecule has 1 heterocycles. The van der Waals surface area contributed by atoms with Gasteiger partial charge in [0.25, 0.3) is 5.91 Å². The number of hydrogen-bond donors (Lipinski definition) is 3. The number of imidazole rings is 1. The van der Waals surface area contributed by atoms with Crippen LogP contribution in [0.15, 0.2) is 53.9 Å². The lowest BCUT2D eigenvalue weighted by atomic mass is 10.1. The molecular formula is C18H15F3N4OS. The smallest absolute Gasteiger partial charge is 0.398 e. The molecule has 0 aliphatic heterocycles. The van der Waals surface area contributed by atoms with Gasteiger partial charge in [-0.25, -0.2) is 4.98 Å². The molecule has 0 radical (unpaired) electrons. The number of nitrogens with zero attached hydrogens (tertiary/aromatic N) is 2. The van der Waals surface area contributed by atoms with Crippen LogP contribution in [-0.2, 0) is 6.18 Å². The molecule has 3 rings (SSSR count).